The number of rotatable bonds is 9. The standard InChI is InChI=1S/C31H29N3/c1-4-10-24(11-5-1)16-21-29(32-22-25-12-6-2-7-13-25)31-33-23-30(34-31)28-19-17-27(18-20-28)26-14-8-3-9-15-26/h1-15,17-20,23,29,32H,16,21-22H2,(H,33,34). The van der Waals surface area contributed by atoms with Crippen LogP contribution in [0.1, 0.15) is 29.4 Å². The van der Waals surface area contributed by atoms with Crippen LogP contribution in [-0.4, -0.2) is 9.97 Å². The van der Waals surface area contributed by atoms with E-state index in [9.17, 15) is 0 Å². The summed E-state index contributed by atoms with van der Waals surface area (Å²) in [6.07, 6.45) is 3.92. The Balaban J connectivity index is 1.33. The average Bonchev–Trinajstić information content (AvgIpc) is 3.41. The minimum Gasteiger partial charge on any atom is -0.341 e. The van der Waals surface area contributed by atoms with Crippen LogP contribution in [-0.2, 0) is 13.0 Å². The van der Waals surface area contributed by atoms with Crippen molar-refractivity contribution in [3.63, 3.8) is 0 Å². The molecule has 0 saturated carbocycles. The second-order valence-corrected chi connectivity index (χ2v) is 8.57. The van der Waals surface area contributed by atoms with Gasteiger partial charge in [-0.05, 0) is 40.7 Å². The molecule has 1 heterocycles. The minimum absolute atomic E-state index is 0.137. The van der Waals surface area contributed by atoms with Gasteiger partial charge in [0.1, 0.15) is 5.82 Å². The molecule has 1 unspecified atom stereocenters. The summed E-state index contributed by atoms with van der Waals surface area (Å²) in [5, 5.41) is 3.72. The number of hydrogen-bond acceptors (Lipinski definition) is 2. The molecule has 3 heteroatoms. The molecule has 1 aromatic heterocycles. The van der Waals surface area contributed by atoms with Crippen LogP contribution in [0.2, 0.25) is 0 Å². The van der Waals surface area contributed by atoms with Gasteiger partial charge in [0, 0.05) is 6.54 Å². The molecule has 0 spiro atoms. The third-order valence-electron chi connectivity index (χ3n) is 6.19. The average molecular weight is 444 g/mol. The Morgan fingerprint density at radius 2 is 1.18 bits per heavy atom. The second-order valence-electron chi connectivity index (χ2n) is 8.57. The van der Waals surface area contributed by atoms with Gasteiger partial charge in [0.05, 0.1) is 17.9 Å². The van der Waals surface area contributed by atoms with E-state index >= 15 is 0 Å². The summed E-state index contributed by atoms with van der Waals surface area (Å²) < 4.78 is 0. The number of aromatic amines is 1. The zero-order valence-electron chi connectivity index (χ0n) is 19.2. The predicted octanol–water partition coefficient (Wildman–Crippen LogP) is 7.21. The Kier molecular flexibility index (Phi) is 6.93. The Hall–Kier alpha value is -3.95. The topological polar surface area (TPSA) is 40.7 Å². The Labute approximate surface area is 201 Å². The number of imidazole rings is 1. The van der Waals surface area contributed by atoms with Crippen molar-refractivity contribution >= 4 is 0 Å². The third kappa shape index (κ3) is 5.51. The Morgan fingerprint density at radius 3 is 1.85 bits per heavy atom. The van der Waals surface area contributed by atoms with Crippen LogP contribution in [0.4, 0.5) is 0 Å². The monoisotopic (exact) mass is 443 g/mol. The number of aryl methyl sites for hydroxylation is 1. The number of hydrogen-bond donors (Lipinski definition) is 2. The van der Waals surface area contributed by atoms with Crippen molar-refractivity contribution in [2.75, 3.05) is 0 Å². The fourth-order valence-electron chi connectivity index (χ4n) is 4.26. The van der Waals surface area contributed by atoms with E-state index in [4.69, 9.17) is 4.98 Å². The fourth-order valence-corrected chi connectivity index (χ4v) is 4.26. The van der Waals surface area contributed by atoms with E-state index in [0.29, 0.717) is 0 Å². The molecule has 0 saturated heterocycles. The quantitative estimate of drug-likeness (QED) is 0.253. The lowest BCUT2D eigenvalue weighted by Crippen LogP contribution is -2.22. The largest absolute Gasteiger partial charge is 0.341 e. The molecule has 1 atom stereocenters. The molecule has 0 amide bonds. The molecule has 5 aromatic rings. The molecule has 0 aliphatic heterocycles. The number of benzene rings is 4. The first kappa shape index (κ1) is 21.9. The molecular formula is C31H29N3. The van der Waals surface area contributed by atoms with E-state index in [0.717, 1.165) is 36.5 Å². The molecule has 0 aliphatic rings. The first-order valence-corrected chi connectivity index (χ1v) is 11.9. The molecule has 0 fully saturated rings. The van der Waals surface area contributed by atoms with Gasteiger partial charge >= 0.3 is 0 Å². The highest BCUT2D eigenvalue weighted by molar-refractivity contribution is 5.68. The minimum atomic E-state index is 0.137. The maximum absolute atomic E-state index is 4.78. The van der Waals surface area contributed by atoms with Crippen LogP contribution in [0.25, 0.3) is 22.4 Å². The van der Waals surface area contributed by atoms with Crippen LogP contribution < -0.4 is 5.32 Å². The summed E-state index contributed by atoms with van der Waals surface area (Å²) in [5.74, 6) is 0.981. The van der Waals surface area contributed by atoms with Crippen LogP contribution in [0, 0.1) is 0 Å². The third-order valence-corrected chi connectivity index (χ3v) is 6.19. The molecule has 168 valence electrons. The SMILES string of the molecule is c1ccc(CCC(NCc2ccccc2)c2ncc(-c3ccc(-c4ccccc4)cc3)[nH]2)cc1. The van der Waals surface area contributed by atoms with Crippen LogP contribution in [0.15, 0.2) is 121 Å². The van der Waals surface area contributed by atoms with Crippen molar-refractivity contribution in [3.8, 4) is 22.4 Å². The Bertz CT molecular complexity index is 1230. The highest BCUT2D eigenvalue weighted by Gasteiger charge is 2.16. The van der Waals surface area contributed by atoms with Gasteiger partial charge in [-0.3, -0.25) is 0 Å². The van der Waals surface area contributed by atoms with Crippen molar-refractivity contribution in [2.24, 2.45) is 0 Å². The van der Waals surface area contributed by atoms with E-state index in [1.807, 2.05) is 12.3 Å². The number of nitrogens with zero attached hydrogens (tertiary/aromatic N) is 1. The summed E-state index contributed by atoms with van der Waals surface area (Å²) in [4.78, 5) is 8.37. The van der Waals surface area contributed by atoms with Gasteiger partial charge < -0.3 is 10.3 Å². The number of aromatic nitrogens is 2. The van der Waals surface area contributed by atoms with Gasteiger partial charge in [-0.2, -0.15) is 0 Å². The van der Waals surface area contributed by atoms with E-state index < -0.39 is 0 Å². The fraction of sp³-hybridized carbons (Fsp3) is 0.129. The first-order chi connectivity index (χ1) is 16.8. The smallest absolute Gasteiger partial charge is 0.123 e. The zero-order valence-corrected chi connectivity index (χ0v) is 19.2. The van der Waals surface area contributed by atoms with Crippen molar-refractivity contribution in [3.05, 3.63) is 138 Å². The molecule has 3 nitrogen and oxygen atoms in total. The lowest BCUT2D eigenvalue weighted by atomic mass is 10.0. The predicted molar refractivity (Wildman–Crippen MR) is 140 cm³/mol. The molecule has 2 N–H and O–H groups in total. The molecule has 5 rings (SSSR count). The molecule has 4 aromatic carbocycles. The van der Waals surface area contributed by atoms with Gasteiger partial charge in [0.15, 0.2) is 0 Å². The number of nitrogens with one attached hydrogen (secondary N) is 2. The van der Waals surface area contributed by atoms with Gasteiger partial charge in [-0.15, -0.1) is 0 Å². The van der Waals surface area contributed by atoms with Gasteiger partial charge in [-0.25, -0.2) is 4.98 Å². The Morgan fingerprint density at radius 1 is 0.618 bits per heavy atom. The lowest BCUT2D eigenvalue weighted by molar-refractivity contribution is 0.479. The van der Waals surface area contributed by atoms with Crippen LogP contribution in [0.3, 0.4) is 0 Å². The number of H-pyrrole nitrogens is 1. The van der Waals surface area contributed by atoms with E-state index in [-0.39, 0.29) is 6.04 Å². The maximum atomic E-state index is 4.78. The summed E-state index contributed by atoms with van der Waals surface area (Å²) in [5.41, 5.74) is 7.25. The van der Waals surface area contributed by atoms with Gasteiger partial charge in [0.2, 0.25) is 0 Å². The van der Waals surface area contributed by atoms with Crippen molar-refractivity contribution in [1.29, 1.82) is 0 Å². The summed E-state index contributed by atoms with van der Waals surface area (Å²) in [6, 6.07) is 40.5. The van der Waals surface area contributed by atoms with E-state index in [2.05, 4.69) is 119 Å². The van der Waals surface area contributed by atoms with Crippen molar-refractivity contribution in [1.82, 2.24) is 15.3 Å². The normalized spacial score (nSPS) is 11.9. The molecular weight excluding hydrogens is 414 g/mol. The molecule has 0 aliphatic carbocycles. The van der Waals surface area contributed by atoms with E-state index in [1.165, 1.54) is 22.3 Å². The van der Waals surface area contributed by atoms with E-state index in [1.54, 1.807) is 0 Å². The summed E-state index contributed by atoms with van der Waals surface area (Å²) >= 11 is 0. The van der Waals surface area contributed by atoms with Crippen molar-refractivity contribution < 1.29 is 0 Å². The van der Waals surface area contributed by atoms with Crippen LogP contribution >= 0.6 is 0 Å². The van der Waals surface area contributed by atoms with Crippen molar-refractivity contribution in [2.45, 2.75) is 25.4 Å². The highest BCUT2D eigenvalue weighted by Crippen LogP contribution is 2.26. The van der Waals surface area contributed by atoms with Gasteiger partial charge in [-0.1, -0.05) is 115 Å². The highest BCUT2D eigenvalue weighted by atomic mass is 15.0. The second kappa shape index (κ2) is 10.8. The summed E-state index contributed by atoms with van der Waals surface area (Å²) in [6.45, 7) is 0.808. The lowest BCUT2D eigenvalue weighted by Gasteiger charge is -2.17. The molecule has 34 heavy (non-hydrogen) atoms. The molecule has 0 radical (unpaired) electrons. The maximum Gasteiger partial charge on any atom is 0.123 e. The zero-order chi connectivity index (χ0) is 23.0. The van der Waals surface area contributed by atoms with Crippen LogP contribution in [0.5, 0.6) is 0 Å². The van der Waals surface area contributed by atoms with Gasteiger partial charge in [0.25, 0.3) is 0 Å². The molecule has 0 bridgehead atoms. The first-order valence-electron chi connectivity index (χ1n) is 11.9. The summed E-state index contributed by atoms with van der Waals surface area (Å²) in [7, 11) is 0.